The first-order valence-electron chi connectivity index (χ1n) is 4.59. The molecule has 2 aromatic heterocycles. The van der Waals surface area contributed by atoms with Gasteiger partial charge in [-0.25, -0.2) is 14.3 Å². The Labute approximate surface area is 91.5 Å². The third-order valence-electron chi connectivity index (χ3n) is 2.34. The van der Waals surface area contributed by atoms with E-state index < -0.39 is 0 Å². The second kappa shape index (κ2) is 3.56. The lowest BCUT2D eigenvalue weighted by molar-refractivity contribution is 0.866. The molecule has 2 aromatic rings. The molecule has 0 bridgehead atoms. The van der Waals surface area contributed by atoms with Crippen molar-refractivity contribution in [2.45, 2.75) is 13.3 Å². The molecule has 2 rings (SSSR count). The zero-order valence-electron chi connectivity index (χ0n) is 8.61. The Kier molecular flexibility index (Phi) is 2.23. The van der Waals surface area contributed by atoms with Crippen molar-refractivity contribution >= 4 is 11.3 Å². The normalized spacial score (nSPS) is 9.94. The van der Waals surface area contributed by atoms with Crippen LogP contribution in [-0.2, 0) is 6.42 Å². The molecule has 0 atom stereocenters. The van der Waals surface area contributed by atoms with E-state index in [0.717, 1.165) is 0 Å². The number of terminal acetylenes is 1. The van der Waals surface area contributed by atoms with Crippen LogP contribution in [0, 0.1) is 25.8 Å². The largest absolute Gasteiger partial charge is 0.308 e. The lowest BCUT2D eigenvalue weighted by Crippen LogP contribution is -2.21. The predicted molar refractivity (Wildman–Crippen MR) is 59.3 cm³/mol. The maximum Gasteiger partial charge on any atom is 0.275 e. The number of nitrogens with zero attached hydrogens (tertiary/aromatic N) is 3. The van der Waals surface area contributed by atoms with Gasteiger partial charge in [0.25, 0.3) is 5.56 Å². The predicted octanol–water partition coefficient (Wildman–Crippen LogP) is 1.06. The van der Waals surface area contributed by atoms with Gasteiger partial charge in [0.05, 0.1) is 12.1 Å². The van der Waals surface area contributed by atoms with Crippen LogP contribution in [0.15, 0.2) is 11.0 Å². The molecule has 0 spiro atoms. The summed E-state index contributed by atoms with van der Waals surface area (Å²) in [6.45, 7) is 8.65. The van der Waals surface area contributed by atoms with Crippen LogP contribution in [0.25, 0.3) is 10.5 Å². The van der Waals surface area contributed by atoms with Crippen molar-refractivity contribution in [3.8, 4) is 12.3 Å². The Hall–Kier alpha value is -2.53. The van der Waals surface area contributed by atoms with Crippen LogP contribution >= 0.6 is 0 Å². The molecule has 0 saturated carbocycles. The highest BCUT2D eigenvalue weighted by atomic mass is 16.1. The summed E-state index contributed by atoms with van der Waals surface area (Å²) in [5.74, 6) is 2.42. The number of nitrogens with one attached hydrogen (secondary N) is 1. The van der Waals surface area contributed by atoms with E-state index in [4.69, 9.17) is 13.0 Å². The standard InChI is InChI=1S/C11H8N4O/c1-4-5-8-7(2)14-10-9(12-3)6-13-15(10)11(8)16/h1,6,13H,5H2,2H3. The van der Waals surface area contributed by atoms with Crippen molar-refractivity contribution < 1.29 is 0 Å². The van der Waals surface area contributed by atoms with E-state index in [-0.39, 0.29) is 12.0 Å². The van der Waals surface area contributed by atoms with E-state index in [0.29, 0.717) is 22.6 Å². The van der Waals surface area contributed by atoms with Crippen LogP contribution in [0.3, 0.4) is 0 Å². The minimum absolute atomic E-state index is 0.240. The van der Waals surface area contributed by atoms with Gasteiger partial charge < -0.3 is 5.10 Å². The second-order valence-corrected chi connectivity index (χ2v) is 3.29. The molecular formula is C11H8N4O. The third-order valence-corrected chi connectivity index (χ3v) is 2.34. The number of H-pyrrole nitrogens is 1. The van der Waals surface area contributed by atoms with Crippen molar-refractivity contribution in [3.05, 3.63) is 39.2 Å². The number of aromatic nitrogens is 3. The number of rotatable bonds is 1. The molecule has 0 aliphatic heterocycles. The first-order chi connectivity index (χ1) is 7.69. The van der Waals surface area contributed by atoms with Gasteiger partial charge >= 0.3 is 0 Å². The highest BCUT2D eigenvalue weighted by molar-refractivity contribution is 5.67. The summed E-state index contributed by atoms with van der Waals surface area (Å²) in [4.78, 5) is 19.4. The van der Waals surface area contributed by atoms with Gasteiger partial charge in [-0.15, -0.1) is 12.3 Å². The quantitative estimate of drug-likeness (QED) is 0.567. The van der Waals surface area contributed by atoms with Gasteiger partial charge in [-0.05, 0) is 6.92 Å². The Morgan fingerprint density at radius 2 is 2.50 bits per heavy atom. The van der Waals surface area contributed by atoms with Crippen LogP contribution in [-0.4, -0.2) is 14.6 Å². The molecular weight excluding hydrogens is 204 g/mol. The van der Waals surface area contributed by atoms with Gasteiger partial charge in [-0.1, -0.05) is 0 Å². The highest BCUT2D eigenvalue weighted by Gasteiger charge is 2.12. The Balaban J connectivity index is 2.88. The van der Waals surface area contributed by atoms with E-state index in [1.165, 1.54) is 10.7 Å². The molecule has 5 heteroatoms. The molecule has 0 saturated heterocycles. The molecule has 0 aromatic carbocycles. The summed E-state index contributed by atoms with van der Waals surface area (Å²) in [7, 11) is 0. The molecule has 5 nitrogen and oxygen atoms in total. The number of hydrogen-bond donors (Lipinski definition) is 1. The topological polar surface area (TPSA) is 54.5 Å². The lowest BCUT2D eigenvalue weighted by Gasteiger charge is -2.01. The molecule has 0 unspecified atom stereocenters. The Morgan fingerprint density at radius 3 is 3.12 bits per heavy atom. The summed E-state index contributed by atoms with van der Waals surface area (Å²) >= 11 is 0. The van der Waals surface area contributed by atoms with Gasteiger partial charge in [0.15, 0.2) is 5.65 Å². The fraction of sp³-hybridized carbons (Fsp3) is 0.182. The smallest absolute Gasteiger partial charge is 0.275 e. The summed E-state index contributed by atoms with van der Waals surface area (Å²) in [6, 6.07) is 0. The molecule has 78 valence electrons. The van der Waals surface area contributed by atoms with E-state index in [2.05, 4.69) is 20.8 Å². The number of aryl methyl sites for hydroxylation is 1. The zero-order chi connectivity index (χ0) is 11.7. The molecule has 0 fully saturated rings. The van der Waals surface area contributed by atoms with Gasteiger partial charge in [-0.3, -0.25) is 4.79 Å². The van der Waals surface area contributed by atoms with E-state index in [1.807, 2.05) is 0 Å². The number of aromatic amines is 1. The van der Waals surface area contributed by atoms with Crippen molar-refractivity contribution in [1.82, 2.24) is 14.6 Å². The summed E-state index contributed by atoms with van der Waals surface area (Å²) in [5.41, 5.74) is 1.49. The Morgan fingerprint density at radius 1 is 1.75 bits per heavy atom. The molecule has 2 heterocycles. The summed E-state index contributed by atoms with van der Waals surface area (Å²) < 4.78 is 1.24. The monoisotopic (exact) mass is 212 g/mol. The molecule has 0 radical (unpaired) electrons. The third kappa shape index (κ3) is 1.27. The highest BCUT2D eigenvalue weighted by Crippen LogP contribution is 2.17. The molecule has 0 amide bonds. The van der Waals surface area contributed by atoms with Crippen LogP contribution in [0.4, 0.5) is 5.69 Å². The van der Waals surface area contributed by atoms with Crippen LogP contribution in [0.2, 0.25) is 0 Å². The van der Waals surface area contributed by atoms with Gasteiger partial charge in [0.1, 0.15) is 0 Å². The Bertz CT molecular complexity index is 694. The minimum Gasteiger partial charge on any atom is -0.308 e. The van der Waals surface area contributed by atoms with Crippen molar-refractivity contribution in [3.63, 3.8) is 0 Å². The SMILES string of the molecule is [C-]#[N+]c1c[nH]n2c(=O)c(CC#C)c(C)nc12. The number of hydrogen-bond acceptors (Lipinski definition) is 2. The van der Waals surface area contributed by atoms with Crippen LogP contribution in [0.1, 0.15) is 11.3 Å². The van der Waals surface area contributed by atoms with Crippen molar-refractivity contribution in [2.75, 3.05) is 0 Å². The molecule has 0 aliphatic carbocycles. The van der Waals surface area contributed by atoms with Gasteiger partial charge in [-0.2, -0.15) is 0 Å². The second-order valence-electron chi connectivity index (χ2n) is 3.29. The van der Waals surface area contributed by atoms with Crippen LogP contribution in [0.5, 0.6) is 0 Å². The molecule has 16 heavy (non-hydrogen) atoms. The maximum absolute atomic E-state index is 12.0. The lowest BCUT2D eigenvalue weighted by atomic mass is 10.2. The van der Waals surface area contributed by atoms with E-state index in [1.54, 1.807) is 6.92 Å². The number of fused-ring (bicyclic) bond motifs is 1. The maximum atomic E-state index is 12.0. The van der Waals surface area contributed by atoms with E-state index in [9.17, 15) is 4.79 Å². The molecule has 1 N–H and O–H groups in total. The minimum atomic E-state index is -0.240. The average molecular weight is 212 g/mol. The summed E-state index contributed by atoms with van der Waals surface area (Å²) in [5, 5.41) is 2.69. The van der Waals surface area contributed by atoms with Crippen molar-refractivity contribution in [1.29, 1.82) is 0 Å². The first-order valence-corrected chi connectivity index (χ1v) is 4.59. The molecule has 0 aliphatic rings. The van der Waals surface area contributed by atoms with E-state index >= 15 is 0 Å². The van der Waals surface area contributed by atoms with Crippen LogP contribution < -0.4 is 5.56 Å². The fourth-order valence-corrected chi connectivity index (χ4v) is 1.53. The first kappa shape index (κ1) is 10.0. The van der Waals surface area contributed by atoms with Gasteiger partial charge in [0, 0.05) is 18.3 Å². The van der Waals surface area contributed by atoms with Gasteiger partial charge in [0.2, 0.25) is 5.69 Å². The fourth-order valence-electron chi connectivity index (χ4n) is 1.53. The zero-order valence-corrected chi connectivity index (χ0v) is 8.61. The summed E-state index contributed by atoms with van der Waals surface area (Å²) in [6.07, 6.45) is 6.89. The van der Waals surface area contributed by atoms with Crippen molar-refractivity contribution in [2.24, 2.45) is 0 Å². The average Bonchev–Trinajstić information content (AvgIpc) is 2.67.